The van der Waals surface area contributed by atoms with Crippen molar-refractivity contribution in [2.24, 2.45) is 0 Å². The van der Waals surface area contributed by atoms with E-state index in [4.69, 9.17) is 0 Å². The van der Waals surface area contributed by atoms with Crippen LogP contribution in [0.4, 0.5) is 9.93 Å². The topological polar surface area (TPSA) is 106 Å². The number of urea groups is 1. The number of hydrogen-bond acceptors (Lipinski definition) is 6. The molecule has 1 aromatic carbocycles. The maximum absolute atomic E-state index is 12.2. The number of anilines is 1. The van der Waals surface area contributed by atoms with Crippen LogP contribution in [-0.2, 0) is 22.8 Å². The van der Waals surface area contributed by atoms with Crippen molar-refractivity contribution in [1.29, 1.82) is 0 Å². The number of thiazole rings is 1. The molecule has 0 fully saturated rings. The zero-order chi connectivity index (χ0) is 21.7. The van der Waals surface area contributed by atoms with Gasteiger partial charge in [-0.05, 0) is 31.0 Å². The lowest BCUT2D eigenvalue weighted by Gasteiger charge is -2.04. The quantitative estimate of drug-likeness (QED) is 0.550. The van der Waals surface area contributed by atoms with Gasteiger partial charge in [-0.3, -0.25) is 5.32 Å². The molecule has 0 unspecified atom stereocenters. The van der Waals surface area contributed by atoms with Gasteiger partial charge in [0.2, 0.25) is 0 Å². The number of aryl methyl sites for hydroxylation is 2. The Labute approximate surface area is 180 Å². The number of benzene rings is 1. The van der Waals surface area contributed by atoms with Crippen LogP contribution in [0, 0.1) is 6.92 Å². The predicted molar refractivity (Wildman–Crippen MR) is 119 cm³/mol. The number of carbonyl (C=O) groups excluding carboxylic acids is 1. The number of rotatable bonds is 8. The number of carbonyl (C=O) groups is 1. The Kier molecular flexibility index (Phi) is 6.88. The first kappa shape index (κ1) is 22.0. The fourth-order valence-corrected chi connectivity index (χ4v) is 4.53. The average molecular weight is 448 g/mol. The van der Waals surface area contributed by atoms with Crippen molar-refractivity contribution in [3.63, 3.8) is 0 Å². The summed E-state index contributed by atoms with van der Waals surface area (Å²) in [6, 6.07) is 6.32. The van der Waals surface area contributed by atoms with E-state index in [1.165, 1.54) is 17.6 Å². The van der Waals surface area contributed by atoms with Crippen molar-refractivity contribution in [3.8, 4) is 10.4 Å². The van der Waals surface area contributed by atoms with Gasteiger partial charge in [0.05, 0.1) is 27.5 Å². The number of hydrogen-bond donors (Lipinski definition) is 2. The van der Waals surface area contributed by atoms with E-state index in [9.17, 15) is 13.2 Å². The summed E-state index contributed by atoms with van der Waals surface area (Å²) in [5.74, 6) is 0. The van der Waals surface area contributed by atoms with Gasteiger partial charge in [-0.15, -0.1) is 0 Å². The highest BCUT2D eigenvalue weighted by Crippen LogP contribution is 2.33. The van der Waals surface area contributed by atoms with E-state index in [0.717, 1.165) is 34.8 Å². The number of aromatic nitrogens is 3. The van der Waals surface area contributed by atoms with Crippen LogP contribution in [0.3, 0.4) is 0 Å². The summed E-state index contributed by atoms with van der Waals surface area (Å²) in [7, 11) is -3.24. The molecular weight excluding hydrogens is 422 g/mol. The highest BCUT2D eigenvalue weighted by Gasteiger charge is 2.13. The van der Waals surface area contributed by atoms with Gasteiger partial charge in [-0.1, -0.05) is 30.4 Å². The molecule has 0 bridgehead atoms. The molecule has 160 valence electrons. The van der Waals surface area contributed by atoms with Gasteiger partial charge < -0.3 is 9.88 Å². The third-order valence-electron chi connectivity index (χ3n) is 4.40. The van der Waals surface area contributed by atoms with Gasteiger partial charge in [-0.25, -0.2) is 23.2 Å². The fraction of sp³-hybridized carbons (Fsp3) is 0.350. The zero-order valence-electron chi connectivity index (χ0n) is 17.2. The molecule has 0 saturated carbocycles. The Morgan fingerprint density at radius 3 is 2.63 bits per heavy atom. The summed E-state index contributed by atoms with van der Waals surface area (Å²) in [6.45, 7) is 5.37. The van der Waals surface area contributed by atoms with Crippen molar-refractivity contribution in [2.45, 2.75) is 38.1 Å². The first-order chi connectivity index (χ1) is 14.3. The molecule has 0 aliphatic carbocycles. The van der Waals surface area contributed by atoms with Crippen LogP contribution < -0.4 is 10.6 Å². The Morgan fingerprint density at radius 1 is 1.23 bits per heavy atom. The molecule has 2 heterocycles. The van der Waals surface area contributed by atoms with Crippen LogP contribution in [0.2, 0.25) is 0 Å². The number of nitrogens with one attached hydrogen (secondary N) is 2. The van der Waals surface area contributed by atoms with Crippen LogP contribution in [0.5, 0.6) is 0 Å². The molecule has 0 radical (unpaired) electrons. The number of sulfone groups is 1. The first-order valence-corrected chi connectivity index (χ1v) is 12.3. The van der Waals surface area contributed by atoms with E-state index in [1.54, 1.807) is 30.6 Å². The monoisotopic (exact) mass is 447 g/mol. The molecular formula is C20H25N5O3S2. The van der Waals surface area contributed by atoms with Gasteiger partial charge in [0.1, 0.15) is 0 Å². The van der Waals surface area contributed by atoms with Crippen LogP contribution in [0.15, 0.2) is 41.7 Å². The molecule has 30 heavy (non-hydrogen) atoms. The lowest BCUT2D eigenvalue weighted by atomic mass is 10.2. The molecule has 8 nitrogen and oxygen atoms in total. The standard InChI is InChI=1S/C20H25N5O3S2/c1-4-11-25-12-16(22-13-25)9-10-21-19(26)24-20-23-14(2)18(29-20)15-5-7-17(8-6-15)30(3,27)28/h5-8,12-13H,4,9-11H2,1-3H3,(H2,21,23,24,26). The minimum Gasteiger partial charge on any atom is -0.337 e. The van der Waals surface area contributed by atoms with E-state index in [1.807, 2.05) is 17.7 Å². The minimum absolute atomic E-state index is 0.269. The van der Waals surface area contributed by atoms with Crippen molar-refractivity contribution >= 4 is 32.3 Å². The molecule has 0 atom stereocenters. The molecule has 0 aliphatic rings. The van der Waals surface area contributed by atoms with Crippen molar-refractivity contribution in [1.82, 2.24) is 19.9 Å². The summed E-state index contributed by atoms with van der Waals surface area (Å²) in [5.41, 5.74) is 2.56. The molecule has 3 aromatic rings. The van der Waals surface area contributed by atoms with Gasteiger partial charge >= 0.3 is 6.03 Å². The van der Waals surface area contributed by atoms with Crippen LogP contribution in [0.25, 0.3) is 10.4 Å². The first-order valence-electron chi connectivity index (χ1n) is 9.59. The summed E-state index contributed by atoms with van der Waals surface area (Å²) < 4.78 is 25.3. The molecule has 2 N–H and O–H groups in total. The maximum Gasteiger partial charge on any atom is 0.321 e. The maximum atomic E-state index is 12.2. The lowest BCUT2D eigenvalue weighted by molar-refractivity contribution is 0.252. The SMILES string of the molecule is CCCn1cnc(CCNC(=O)Nc2nc(C)c(-c3ccc(S(C)(=O)=O)cc3)s2)c1. The van der Waals surface area contributed by atoms with E-state index in [0.29, 0.717) is 18.1 Å². The summed E-state index contributed by atoms with van der Waals surface area (Å²) in [6.07, 6.45) is 6.68. The van der Waals surface area contributed by atoms with Crippen LogP contribution in [-0.4, -0.2) is 41.8 Å². The molecule has 0 saturated heterocycles. The van der Waals surface area contributed by atoms with Crippen LogP contribution in [0.1, 0.15) is 24.7 Å². The third-order valence-corrected chi connectivity index (χ3v) is 6.65. The summed E-state index contributed by atoms with van der Waals surface area (Å²) in [5, 5.41) is 6.06. The Balaban J connectivity index is 1.56. The summed E-state index contributed by atoms with van der Waals surface area (Å²) in [4.78, 5) is 22.1. The Hall–Kier alpha value is -2.72. The van der Waals surface area contributed by atoms with E-state index in [2.05, 4.69) is 27.5 Å². The van der Waals surface area contributed by atoms with Gasteiger partial charge in [0.25, 0.3) is 0 Å². The lowest BCUT2D eigenvalue weighted by Crippen LogP contribution is -2.30. The molecule has 2 aromatic heterocycles. The van der Waals surface area contributed by atoms with Gasteiger partial charge in [0, 0.05) is 32.0 Å². The highest BCUT2D eigenvalue weighted by atomic mass is 32.2. The largest absolute Gasteiger partial charge is 0.337 e. The van der Waals surface area contributed by atoms with Gasteiger partial charge in [0.15, 0.2) is 15.0 Å². The smallest absolute Gasteiger partial charge is 0.321 e. The third kappa shape index (κ3) is 5.67. The predicted octanol–water partition coefficient (Wildman–Crippen LogP) is 3.49. The number of imidazole rings is 1. The second kappa shape index (κ2) is 9.40. The molecule has 3 rings (SSSR count). The van der Waals surface area contributed by atoms with Crippen molar-refractivity contribution in [2.75, 3.05) is 18.1 Å². The van der Waals surface area contributed by atoms with Crippen molar-refractivity contribution < 1.29 is 13.2 Å². The highest BCUT2D eigenvalue weighted by molar-refractivity contribution is 7.90. The number of nitrogens with zero attached hydrogens (tertiary/aromatic N) is 3. The van der Waals surface area contributed by atoms with Crippen LogP contribution >= 0.6 is 11.3 Å². The zero-order valence-corrected chi connectivity index (χ0v) is 18.8. The molecule has 2 amide bonds. The van der Waals surface area contributed by atoms with E-state index in [-0.39, 0.29) is 10.9 Å². The van der Waals surface area contributed by atoms with E-state index >= 15 is 0 Å². The fourth-order valence-electron chi connectivity index (χ4n) is 2.93. The summed E-state index contributed by atoms with van der Waals surface area (Å²) >= 11 is 1.34. The van der Waals surface area contributed by atoms with E-state index < -0.39 is 9.84 Å². The van der Waals surface area contributed by atoms with Gasteiger partial charge in [-0.2, -0.15) is 0 Å². The normalized spacial score (nSPS) is 11.4. The average Bonchev–Trinajstić information content (AvgIpc) is 3.27. The number of amides is 2. The second-order valence-corrected chi connectivity index (χ2v) is 9.98. The Bertz CT molecular complexity index is 1120. The van der Waals surface area contributed by atoms with Crippen molar-refractivity contribution in [3.05, 3.63) is 48.2 Å². The Morgan fingerprint density at radius 2 is 1.97 bits per heavy atom. The second-order valence-electron chi connectivity index (χ2n) is 6.96. The minimum atomic E-state index is -3.24. The molecule has 0 aliphatic heterocycles. The molecule has 0 spiro atoms. The molecule has 10 heteroatoms.